The number of benzene rings is 1. The van der Waals surface area contributed by atoms with Crippen molar-refractivity contribution in [2.24, 2.45) is 0 Å². The maximum absolute atomic E-state index is 12.1. The predicted molar refractivity (Wildman–Crippen MR) is 100 cm³/mol. The fourth-order valence-electron chi connectivity index (χ4n) is 2.31. The molecule has 134 valence electrons. The van der Waals surface area contributed by atoms with Gasteiger partial charge in [0.15, 0.2) is 9.84 Å². The number of hydrogen-bond acceptors (Lipinski definition) is 5. The molecular weight excluding hydrogens is 358 g/mol. The summed E-state index contributed by atoms with van der Waals surface area (Å²) in [6, 6.07) is 8.19. The van der Waals surface area contributed by atoms with E-state index in [0.717, 1.165) is 16.0 Å². The molecule has 0 aliphatic heterocycles. The van der Waals surface area contributed by atoms with Gasteiger partial charge in [0.1, 0.15) is 0 Å². The van der Waals surface area contributed by atoms with E-state index >= 15 is 0 Å². The molecule has 2 rings (SSSR count). The lowest BCUT2D eigenvalue weighted by atomic mass is 10.0. The summed E-state index contributed by atoms with van der Waals surface area (Å²) in [6.45, 7) is 1.93. The summed E-state index contributed by atoms with van der Waals surface area (Å²) in [5.74, 6) is -0.224. The molecule has 0 saturated carbocycles. The smallest absolute Gasteiger partial charge is 0.244 e. The van der Waals surface area contributed by atoms with Crippen molar-refractivity contribution in [1.82, 2.24) is 5.32 Å². The molecule has 1 atom stereocenters. The van der Waals surface area contributed by atoms with Crippen LogP contribution >= 0.6 is 11.3 Å². The Labute approximate surface area is 151 Å². The van der Waals surface area contributed by atoms with E-state index < -0.39 is 9.84 Å². The van der Waals surface area contributed by atoms with Crippen LogP contribution in [0.2, 0.25) is 0 Å². The molecule has 0 saturated heterocycles. The summed E-state index contributed by atoms with van der Waals surface area (Å²) in [4.78, 5) is 13.3. The van der Waals surface area contributed by atoms with Crippen molar-refractivity contribution in [3.63, 3.8) is 0 Å². The average molecular weight is 380 g/mol. The summed E-state index contributed by atoms with van der Waals surface area (Å²) in [7, 11) is -3.23. The van der Waals surface area contributed by atoms with Crippen LogP contribution in [0.25, 0.3) is 6.08 Å². The topological polar surface area (TPSA) is 83.5 Å². The minimum atomic E-state index is -3.23. The summed E-state index contributed by atoms with van der Waals surface area (Å²) in [5, 5.41) is 13.8. The molecule has 1 aromatic heterocycles. The van der Waals surface area contributed by atoms with Crippen LogP contribution in [0.1, 0.15) is 35.4 Å². The number of nitrogens with one attached hydrogen (secondary N) is 1. The van der Waals surface area contributed by atoms with Crippen LogP contribution in [0.3, 0.4) is 0 Å². The molecule has 0 fully saturated rings. The second kappa shape index (κ2) is 8.42. The molecule has 5 nitrogen and oxygen atoms in total. The van der Waals surface area contributed by atoms with Gasteiger partial charge >= 0.3 is 0 Å². The Balaban J connectivity index is 2.04. The monoisotopic (exact) mass is 379 g/mol. The van der Waals surface area contributed by atoms with E-state index in [2.05, 4.69) is 5.32 Å². The lowest BCUT2D eigenvalue weighted by Gasteiger charge is -2.16. The average Bonchev–Trinajstić information content (AvgIpc) is 3.05. The molecule has 1 unspecified atom stereocenters. The lowest BCUT2D eigenvalue weighted by molar-refractivity contribution is -0.117. The number of thiophene rings is 1. The molecule has 1 aromatic carbocycles. The zero-order chi connectivity index (χ0) is 18.4. The minimum Gasteiger partial charge on any atom is -0.392 e. The second-order valence-corrected chi connectivity index (χ2v) is 8.62. The third-order valence-corrected chi connectivity index (χ3v) is 5.77. The van der Waals surface area contributed by atoms with Crippen LogP contribution < -0.4 is 5.32 Å². The highest BCUT2D eigenvalue weighted by atomic mass is 32.2. The van der Waals surface area contributed by atoms with Gasteiger partial charge in [-0.3, -0.25) is 4.79 Å². The summed E-state index contributed by atoms with van der Waals surface area (Å²) >= 11 is 1.46. The summed E-state index contributed by atoms with van der Waals surface area (Å²) in [5.41, 5.74) is 1.68. The number of aliphatic hydroxyl groups excluding tert-OH is 1. The molecule has 25 heavy (non-hydrogen) atoms. The first-order chi connectivity index (χ1) is 11.8. The highest BCUT2D eigenvalue weighted by Gasteiger charge is 2.13. The van der Waals surface area contributed by atoms with Crippen LogP contribution in [0.4, 0.5) is 0 Å². The Kier molecular flexibility index (Phi) is 6.52. The van der Waals surface area contributed by atoms with E-state index in [-0.39, 0.29) is 23.5 Å². The SMILES string of the molecule is CCC(NC(=O)C=Cc1cc(CO)cs1)c1ccc(S(C)(=O)=O)cc1. The Hall–Kier alpha value is -1.96. The van der Waals surface area contributed by atoms with Gasteiger partial charge in [-0.2, -0.15) is 0 Å². The quantitative estimate of drug-likeness (QED) is 0.725. The van der Waals surface area contributed by atoms with E-state index in [1.54, 1.807) is 30.3 Å². The minimum absolute atomic E-state index is 0.0160. The van der Waals surface area contributed by atoms with Crippen LogP contribution in [-0.2, 0) is 21.2 Å². The third kappa shape index (κ3) is 5.52. The van der Waals surface area contributed by atoms with Crippen molar-refractivity contribution in [2.75, 3.05) is 6.26 Å². The lowest BCUT2D eigenvalue weighted by Crippen LogP contribution is -2.26. The van der Waals surface area contributed by atoms with Crippen LogP contribution in [0, 0.1) is 0 Å². The number of carbonyl (C=O) groups is 1. The standard InChI is InChI=1S/C18H21NO4S2/c1-3-17(14-4-7-16(8-5-14)25(2,22)23)19-18(21)9-6-15-10-13(11-20)12-24-15/h4-10,12,17,20H,3,11H2,1-2H3,(H,19,21). The van der Waals surface area contributed by atoms with E-state index in [9.17, 15) is 13.2 Å². The molecule has 0 radical (unpaired) electrons. The Morgan fingerprint density at radius 3 is 2.52 bits per heavy atom. The van der Waals surface area contributed by atoms with Crippen molar-refractivity contribution in [1.29, 1.82) is 0 Å². The first kappa shape index (κ1) is 19.4. The van der Waals surface area contributed by atoms with Crippen molar-refractivity contribution < 1.29 is 18.3 Å². The molecule has 0 aliphatic carbocycles. The van der Waals surface area contributed by atoms with Crippen molar-refractivity contribution in [3.05, 3.63) is 57.8 Å². The molecule has 0 aliphatic rings. The van der Waals surface area contributed by atoms with Gasteiger partial charge in [0.05, 0.1) is 17.5 Å². The Bertz CT molecular complexity index is 851. The van der Waals surface area contributed by atoms with Gasteiger partial charge in [-0.25, -0.2) is 8.42 Å². The van der Waals surface area contributed by atoms with Gasteiger partial charge in [-0.1, -0.05) is 19.1 Å². The van der Waals surface area contributed by atoms with E-state index in [1.807, 2.05) is 18.4 Å². The van der Waals surface area contributed by atoms with Crippen molar-refractivity contribution in [2.45, 2.75) is 30.9 Å². The number of amides is 1. The van der Waals surface area contributed by atoms with E-state index in [1.165, 1.54) is 23.7 Å². The molecule has 7 heteroatoms. The number of carbonyl (C=O) groups excluding carboxylic acids is 1. The van der Waals surface area contributed by atoms with Crippen LogP contribution in [0.5, 0.6) is 0 Å². The molecule has 2 N–H and O–H groups in total. The first-order valence-electron chi connectivity index (χ1n) is 7.80. The maximum atomic E-state index is 12.1. The number of aliphatic hydroxyl groups is 1. The maximum Gasteiger partial charge on any atom is 0.244 e. The zero-order valence-electron chi connectivity index (χ0n) is 14.1. The van der Waals surface area contributed by atoms with Crippen LogP contribution in [-0.4, -0.2) is 25.7 Å². The molecule has 1 heterocycles. The first-order valence-corrected chi connectivity index (χ1v) is 10.6. The van der Waals surface area contributed by atoms with Gasteiger partial charge in [-0.05, 0) is 47.2 Å². The molecule has 0 spiro atoms. The predicted octanol–water partition coefficient (Wildman–Crippen LogP) is 2.92. The number of sulfone groups is 1. The summed E-state index contributed by atoms with van der Waals surface area (Å²) < 4.78 is 23.0. The highest BCUT2D eigenvalue weighted by molar-refractivity contribution is 7.90. The highest BCUT2D eigenvalue weighted by Crippen LogP contribution is 2.20. The van der Waals surface area contributed by atoms with Crippen molar-refractivity contribution >= 4 is 33.2 Å². The normalized spacial score (nSPS) is 13.1. The molecule has 2 aromatic rings. The molecular formula is C18H21NO4S2. The number of rotatable bonds is 7. The Morgan fingerprint density at radius 1 is 1.32 bits per heavy atom. The fourth-order valence-corrected chi connectivity index (χ4v) is 3.74. The number of hydrogen-bond donors (Lipinski definition) is 2. The largest absolute Gasteiger partial charge is 0.392 e. The molecule has 1 amide bonds. The Morgan fingerprint density at radius 2 is 2.00 bits per heavy atom. The van der Waals surface area contributed by atoms with E-state index in [0.29, 0.717) is 6.42 Å². The molecule has 0 bridgehead atoms. The third-order valence-electron chi connectivity index (χ3n) is 3.69. The van der Waals surface area contributed by atoms with Crippen molar-refractivity contribution in [3.8, 4) is 0 Å². The van der Waals surface area contributed by atoms with Crippen LogP contribution in [0.15, 0.2) is 46.7 Å². The second-order valence-electron chi connectivity index (χ2n) is 5.66. The van der Waals surface area contributed by atoms with Gasteiger partial charge in [0.2, 0.25) is 5.91 Å². The summed E-state index contributed by atoms with van der Waals surface area (Å²) in [6.07, 6.45) is 5.02. The van der Waals surface area contributed by atoms with Gasteiger partial charge in [-0.15, -0.1) is 11.3 Å². The van der Waals surface area contributed by atoms with E-state index in [4.69, 9.17) is 5.11 Å². The zero-order valence-corrected chi connectivity index (χ0v) is 15.7. The van der Waals surface area contributed by atoms with Gasteiger partial charge in [0, 0.05) is 17.2 Å². The fraction of sp³-hybridized carbons (Fsp3) is 0.278. The van der Waals surface area contributed by atoms with Gasteiger partial charge in [0.25, 0.3) is 0 Å². The van der Waals surface area contributed by atoms with Gasteiger partial charge < -0.3 is 10.4 Å².